The molecule has 0 aromatic carbocycles. The van der Waals surface area contributed by atoms with Crippen LogP contribution in [-0.2, 0) is 0 Å². The topological polar surface area (TPSA) is 89.2 Å². The first-order valence-corrected chi connectivity index (χ1v) is 5.16. The molecule has 0 aliphatic heterocycles. The van der Waals surface area contributed by atoms with E-state index in [1.54, 1.807) is 13.1 Å². The number of nitrogens with one attached hydrogen (secondary N) is 1. The number of nitrogens with zero attached hydrogens (tertiary/aromatic N) is 2. The van der Waals surface area contributed by atoms with Crippen LogP contribution in [0.15, 0.2) is 12.3 Å². The molecule has 2 atom stereocenters. The molecule has 0 fully saturated rings. The maximum Gasteiger partial charge on any atom is 0.176 e. The van der Waals surface area contributed by atoms with E-state index in [4.69, 9.17) is 5.26 Å². The zero-order valence-corrected chi connectivity index (χ0v) is 9.39. The minimum atomic E-state index is -1.21. The maximum atomic E-state index is 13.2. The largest absolute Gasteiger partial charge is 0.390 e. The van der Waals surface area contributed by atoms with Crippen LogP contribution >= 0.6 is 0 Å². The van der Waals surface area contributed by atoms with Crippen molar-refractivity contribution >= 4 is 0 Å². The standard InChI is InChI=1S/C11H14FN3O2/c1-14-3-2-10(16)11(17)7-4-8(12)9(5-13)15-6-7/h4,6,10-11,14,16-17H,2-3H2,1H3. The number of rotatable bonds is 5. The molecular weight excluding hydrogens is 225 g/mol. The van der Waals surface area contributed by atoms with Gasteiger partial charge in [0.1, 0.15) is 12.2 Å². The van der Waals surface area contributed by atoms with Crippen molar-refractivity contribution in [1.29, 1.82) is 5.26 Å². The highest BCUT2D eigenvalue weighted by molar-refractivity contribution is 5.26. The van der Waals surface area contributed by atoms with Crippen molar-refractivity contribution in [2.75, 3.05) is 13.6 Å². The predicted octanol–water partition coefficient (Wildman–Crippen LogP) is 0.0962. The molecule has 0 spiro atoms. The summed E-state index contributed by atoms with van der Waals surface area (Å²) in [6.07, 6.45) is -0.691. The number of aromatic nitrogens is 1. The lowest BCUT2D eigenvalue weighted by atomic mass is 10.0. The first-order valence-electron chi connectivity index (χ1n) is 5.16. The molecule has 1 aromatic rings. The summed E-state index contributed by atoms with van der Waals surface area (Å²) in [6.45, 7) is 0.532. The van der Waals surface area contributed by atoms with Crippen molar-refractivity contribution in [3.05, 3.63) is 29.3 Å². The second kappa shape index (κ2) is 6.25. The van der Waals surface area contributed by atoms with Crippen LogP contribution in [0.3, 0.4) is 0 Å². The van der Waals surface area contributed by atoms with Crippen LogP contribution in [0, 0.1) is 17.1 Å². The van der Waals surface area contributed by atoms with Gasteiger partial charge < -0.3 is 15.5 Å². The second-order valence-electron chi connectivity index (χ2n) is 3.62. The van der Waals surface area contributed by atoms with E-state index in [1.807, 2.05) is 0 Å². The van der Waals surface area contributed by atoms with Crippen LogP contribution in [-0.4, -0.2) is 34.9 Å². The Morgan fingerprint density at radius 1 is 1.59 bits per heavy atom. The molecule has 1 rings (SSSR count). The van der Waals surface area contributed by atoms with Crippen LogP contribution in [0.4, 0.5) is 4.39 Å². The second-order valence-corrected chi connectivity index (χ2v) is 3.62. The van der Waals surface area contributed by atoms with E-state index in [1.165, 1.54) is 6.20 Å². The summed E-state index contributed by atoms with van der Waals surface area (Å²) in [7, 11) is 1.72. The predicted molar refractivity (Wildman–Crippen MR) is 58.4 cm³/mol. The molecule has 5 nitrogen and oxygen atoms in total. The molecular formula is C11H14FN3O2. The fourth-order valence-corrected chi connectivity index (χ4v) is 1.37. The van der Waals surface area contributed by atoms with Crippen molar-refractivity contribution in [2.45, 2.75) is 18.6 Å². The van der Waals surface area contributed by atoms with Gasteiger partial charge in [-0.15, -0.1) is 0 Å². The lowest BCUT2D eigenvalue weighted by Crippen LogP contribution is -2.23. The Morgan fingerprint density at radius 3 is 2.82 bits per heavy atom. The molecule has 3 N–H and O–H groups in total. The molecule has 92 valence electrons. The van der Waals surface area contributed by atoms with Crippen LogP contribution in [0.25, 0.3) is 0 Å². The van der Waals surface area contributed by atoms with Gasteiger partial charge in [-0.05, 0) is 26.1 Å². The van der Waals surface area contributed by atoms with Crippen LogP contribution in [0.1, 0.15) is 23.8 Å². The van der Waals surface area contributed by atoms with Crippen LogP contribution in [0.2, 0.25) is 0 Å². The average molecular weight is 239 g/mol. The fourth-order valence-electron chi connectivity index (χ4n) is 1.37. The summed E-state index contributed by atoms with van der Waals surface area (Å²) < 4.78 is 13.2. The van der Waals surface area contributed by atoms with Gasteiger partial charge in [-0.1, -0.05) is 0 Å². The van der Waals surface area contributed by atoms with Crippen LogP contribution in [0.5, 0.6) is 0 Å². The van der Waals surface area contributed by atoms with E-state index in [9.17, 15) is 14.6 Å². The number of aliphatic hydroxyl groups excluding tert-OH is 2. The van der Waals surface area contributed by atoms with Crippen molar-refractivity contribution < 1.29 is 14.6 Å². The lowest BCUT2D eigenvalue weighted by molar-refractivity contribution is 0.0136. The summed E-state index contributed by atoms with van der Waals surface area (Å²) in [5.74, 6) is -0.801. The van der Waals surface area contributed by atoms with Gasteiger partial charge in [0.05, 0.1) is 6.10 Å². The smallest absolute Gasteiger partial charge is 0.176 e. The van der Waals surface area contributed by atoms with E-state index in [2.05, 4.69) is 10.3 Å². The Morgan fingerprint density at radius 2 is 2.29 bits per heavy atom. The van der Waals surface area contributed by atoms with Gasteiger partial charge in [0.15, 0.2) is 11.5 Å². The van der Waals surface area contributed by atoms with Crippen molar-refractivity contribution in [1.82, 2.24) is 10.3 Å². The van der Waals surface area contributed by atoms with E-state index in [-0.39, 0.29) is 11.3 Å². The van der Waals surface area contributed by atoms with Gasteiger partial charge in [-0.25, -0.2) is 9.37 Å². The number of halogens is 1. The molecule has 0 saturated carbocycles. The van der Waals surface area contributed by atoms with Gasteiger partial charge >= 0.3 is 0 Å². The molecule has 0 radical (unpaired) electrons. The highest BCUT2D eigenvalue weighted by Gasteiger charge is 2.19. The molecule has 2 unspecified atom stereocenters. The first-order chi connectivity index (χ1) is 8.10. The SMILES string of the molecule is CNCCC(O)C(O)c1cnc(C#N)c(F)c1. The summed E-state index contributed by atoms with van der Waals surface area (Å²) in [4.78, 5) is 3.56. The summed E-state index contributed by atoms with van der Waals surface area (Å²) >= 11 is 0. The van der Waals surface area contributed by atoms with Crippen molar-refractivity contribution in [2.24, 2.45) is 0 Å². The van der Waals surface area contributed by atoms with E-state index >= 15 is 0 Å². The number of pyridine rings is 1. The third-order valence-corrected chi connectivity index (χ3v) is 2.36. The molecule has 0 amide bonds. The molecule has 0 aliphatic carbocycles. The summed E-state index contributed by atoms with van der Waals surface area (Å²) in [6, 6.07) is 2.60. The van der Waals surface area contributed by atoms with E-state index in [0.29, 0.717) is 13.0 Å². The third kappa shape index (κ3) is 3.46. The molecule has 6 heteroatoms. The Bertz CT molecular complexity index is 420. The maximum absolute atomic E-state index is 13.2. The molecule has 0 saturated heterocycles. The van der Waals surface area contributed by atoms with Gasteiger partial charge in [0.2, 0.25) is 0 Å². The van der Waals surface area contributed by atoms with E-state index < -0.39 is 18.0 Å². The Kier molecular flexibility index (Phi) is 4.97. The lowest BCUT2D eigenvalue weighted by Gasteiger charge is -2.17. The van der Waals surface area contributed by atoms with E-state index in [0.717, 1.165) is 6.07 Å². The van der Waals surface area contributed by atoms with Crippen molar-refractivity contribution in [3.63, 3.8) is 0 Å². The summed E-state index contributed by atoms with van der Waals surface area (Å²) in [5.41, 5.74) is -0.171. The zero-order valence-electron chi connectivity index (χ0n) is 9.39. The first kappa shape index (κ1) is 13.5. The Hall–Kier alpha value is -1.55. The van der Waals surface area contributed by atoms with Crippen molar-refractivity contribution in [3.8, 4) is 6.07 Å². The average Bonchev–Trinajstić information content (AvgIpc) is 2.34. The minimum Gasteiger partial charge on any atom is -0.390 e. The molecule has 17 heavy (non-hydrogen) atoms. The van der Waals surface area contributed by atoms with Gasteiger partial charge in [0, 0.05) is 11.8 Å². The highest BCUT2D eigenvalue weighted by Crippen LogP contribution is 2.19. The highest BCUT2D eigenvalue weighted by atomic mass is 19.1. The molecule has 0 aliphatic rings. The number of nitriles is 1. The normalized spacial score (nSPS) is 14.1. The third-order valence-electron chi connectivity index (χ3n) is 2.36. The molecule has 0 bridgehead atoms. The fraction of sp³-hybridized carbons (Fsp3) is 0.455. The van der Waals surface area contributed by atoms with Gasteiger partial charge in [-0.2, -0.15) is 5.26 Å². The monoisotopic (exact) mass is 239 g/mol. The van der Waals surface area contributed by atoms with Gasteiger partial charge in [0.25, 0.3) is 0 Å². The number of aliphatic hydroxyl groups is 2. The van der Waals surface area contributed by atoms with Gasteiger partial charge in [-0.3, -0.25) is 0 Å². The molecule has 1 heterocycles. The Balaban J connectivity index is 2.79. The molecule has 1 aromatic heterocycles. The van der Waals surface area contributed by atoms with Crippen LogP contribution < -0.4 is 5.32 Å². The Labute approximate surface area is 98.5 Å². The zero-order chi connectivity index (χ0) is 12.8. The summed E-state index contributed by atoms with van der Waals surface area (Å²) in [5, 5.41) is 30.7. The quantitative estimate of drug-likeness (QED) is 0.678. The number of hydrogen-bond donors (Lipinski definition) is 3. The minimum absolute atomic E-state index is 0.158. The number of hydrogen-bond acceptors (Lipinski definition) is 5.